The highest BCUT2D eigenvalue weighted by atomic mass is 32.1. The van der Waals surface area contributed by atoms with Crippen LogP contribution in [-0.2, 0) is 9.31 Å². The first-order chi connectivity index (χ1) is 11.3. The maximum atomic E-state index is 7.23. The van der Waals surface area contributed by atoms with Gasteiger partial charge in [0, 0.05) is 9.40 Å². The van der Waals surface area contributed by atoms with Gasteiger partial charge in [0.1, 0.15) is 0 Å². The number of thiophene rings is 1. The molecule has 2 aromatic carbocycles. The Bertz CT molecular complexity index is 984. The van der Waals surface area contributed by atoms with Gasteiger partial charge in [-0.15, -0.1) is 11.3 Å². The number of nitrogens with zero attached hydrogens (tertiary/aromatic N) is 1. The van der Waals surface area contributed by atoms with Crippen LogP contribution in [0.5, 0.6) is 0 Å². The molecule has 1 aliphatic rings. The smallest absolute Gasteiger partial charge is 0.399 e. The summed E-state index contributed by atoms with van der Waals surface area (Å²) in [6.45, 7) is 15.5. The van der Waals surface area contributed by atoms with Crippen molar-refractivity contribution >= 4 is 49.8 Å². The Morgan fingerprint density at radius 1 is 0.917 bits per heavy atom. The molecular weight excluding hydrogens is 317 g/mol. The minimum Gasteiger partial charge on any atom is -0.399 e. The fraction of sp³-hybridized carbons (Fsp3) is 0.316. The standard InChI is InChI=1S/C19H18BNO2S/c1-18(2)19(3,4)23-20(22-18)12-6-8-16-14(10-12)15-11-13(21-5)7-9-17(15)24-16/h6-11H,1-4H3. The minimum atomic E-state index is -0.363. The van der Waals surface area contributed by atoms with E-state index in [4.69, 9.17) is 15.9 Å². The number of fused-ring (bicyclic) bond motifs is 3. The zero-order chi connectivity index (χ0) is 17.1. The van der Waals surface area contributed by atoms with E-state index < -0.39 is 0 Å². The van der Waals surface area contributed by atoms with Gasteiger partial charge in [0.05, 0.1) is 17.8 Å². The maximum absolute atomic E-state index is 7.23. The summed E-state index contributed by atoms with van der Waals surface area (Å²) in [4.78, 5) is 3.55. The van der Waals surface area contributed by atoms with Crippen LogP contribution in [0, 0.1) is 6.57 Å². The summed E-state index contributed by atoms with van der Waals surface area (Å²) in [5.74, 6) is 0. The first kappa shape index (κ1) is 15.7. The summed E-state index contributed by atoms with van der Waals surface area (Å²) in [5.41, 5.74) is 0.999. The molecule has 0 amide bonds. The monoisotopic (exact) mass is 335 g/mol. The molecule has 0 radical (unpaired) electrons. The van der Waals surface area contributed by atoms with Gasteiger partial charge in [-0.05, 0) is 56.1 Å². The van der Waals surface area contributed by atoms with Crippen LogP contribution < -0.4 is 5.46 Å². The molecule has 0 spiro atoms. The van der Waals surface area contributed by atoms with Gasteiger partial charge in [0.2, 0.25) is 0 Å². The Morgan fingerprint density at radius 2 is 1.50 bits per heavy atom. The molecule has 0 N–H and O–H groups in total. The molecular formula is C19H18BNO2S. The normalized spacial score (nSPS) is 19.0. The van der Waals surface area contributed by atoms with Crippen LogP contribution in [0.2, 0.25) is 0 Å². The molecule has 24 heavy (non-hydrogen) atoms. The van der Waals surface area contributed by atoms with E-state index in [1.165, 1.54) is 9.40 Å². The van der Waals surface area contributed by atoms with Gasteiger partial charge in [-0.3, -0.25) is 0 Å². The van der Waals surface area contributed by atoms with Gasteiger partial charge in [-0.25, -0.2) is 4.85 Å². The van der Waals surface area contributed by atoms with Crippen molar-refractivity contribution in [1.29, 1.82) is 0 Å². The van der Waals surface area contributed by atoms with E-state index in [9.17, 15) is 0 Å². The maximum Gasteiger partial charge on any atom is 0.494 e. The van der Waals surface area contributed by atoms with Gasteiger partial charge in [-0.2, -0.15) is 0 Å². The van der Waals surface area contributed by atoms with E-state index in [2.05, 4.69) is 50.7 Å². The van der Waals surface area contributed by atoms with E-state index in [0.29, 0.717) is 5.69 Å². The van der Waals surface area contributed by atoms with Gasteiger partial charge in [0.15, 0.2) is 5.69 Å². The third kappa shape index (κ3) is 2.26. The van der Waals surface area contributed by atoms with Crippen LogP contribution in [-0.4, -0.2) is 18.3 Å². The topological polar surface area (TPSA) is 22.8 Å². The Hall–Kier alpha value is -1.87. The number of benzene rings is 2. The third-order valence-corrected chi connectivity index (χ3v) is 6.28. The highest BCUT2D eigenvalue weighted by molar-refractivity contribution is 7.25. The molecule has 3 aromatic rings. The van der Waals surface area contributed by atoms with Crippen molar-refractivity contribution in [2.75, 3.05) is 0 Å². The summed E-state index contributed by atoms with van der Waals surface area (Å²) in [6.07, 6.45) is 0. The van der Waals surface area contributed by atoms with Gasteiger partial charge in [-0.1, -0.05) is 24.3 Å². The van der Waals surface area contributed by atoms with Crippen LogP contribution in [0.1, 0.15) is 27.7 Å². The van der Waals surface area contributed by atoms with E-state index in [-0.39, 0.29) is 18.3 Å². The summed E-state index contributed by atoms with van der Waals surface area (Å²) in [6, 6.07) is 12.2. The zero-order valence-electron chi connectivity index (χ0n) is 14.2. The second kappa shape index (κ2) is 5.06. The second-order valence-electron chi connectivity index (χ2n) is 7.24. The number of hydrogen-bond acceptors (Lipinski definition) is 3. The highest BCUT2D eigenvalue weighted by Crippen LogP contribution is 2.38. The summed E-state index contributed by atoms with van der Waals surface area (Å²) >= 11 is 1.75. The Morgan fingerprint density at radius 3 is 2.12 bits per heavy atom. The molecule has 120 valence electrons. The van der Waals surface area contributed by atoms with Crippen LogP contribution in [0.25, 0.3) is 25.0 Å². The lowest BCUT2D eigenvalue weighted by molar-refractivity contribution is 0.00578. The fourth-order valence-corrected chi connectivity index (χ4v) is 4.05. The van der Waals surface area contributed by atoms with Crippen molar-refractivity contribution in [2.24, 2.45) is 0 Å². The van der Waals surface area contributed by atoms with Gasteiger partial charge in [0.25, 0.3) is 0 Å². The van der Waals surface area contributed by atoms with Crippen LogP contribution in [0.4, 0.5) is 5.69 Å². The minimum absolute atomic E-state index is 0.347. The largest absolute Gasteiger partial charge is 0.494 e. The number of hydrogen-bond donors (Lipinski definition) is 0. The van der Waals surface area contributed by atoms with E-state index >= 15 is 0 Å². The Labute approximate surface area is 146 Å². The van der Waals surface area contributed by atoms with Crippen LogP contribution in [0.3, 0.4) is 0 Å². The molecule has 1 aromatic heterocycles. The lowest BCUT2D eigenvalue weighted by Gasteiger charge is -2.32. The van der Waals surface area contributed by atoms with Crippen molar-refractivity contribution in [3.05, 3.63) is 47.8 Å². The molecule has 1 saturated heterocycles. The van der Waals surface area contributed by atoms with Crippen LogP contribution in [0.15, 0.2) is 36.4 Å². The molecule has 2 heterocycles. The third-order valence-electron chi connectivity index (χ3n) is 5.13. The average Bonchev–Trinajstić information content (AvgIpc) is 3.00. The molecule has 3 nitrogen and oxygen atoms in total. The molecule has 1 fully saturated rings. The zero-order valence-corrected chi connectivity index (χ0v) is 15.0. The summed E-state index contributed by atoms with van der Waals surface area (Å²) in [7, 11) is -0.363. The Kier molecular flexibility index (Phi) is 3.30. The molecule has 5 heteroatoms. The lowest BCUT2D eigenvalue weighted by Crippen LogP contribution is -2.41. The van der Waals surface area contributed by atoms with Gasteiger partial charge >= 0.3 is 7.12 Å². The van der Waals surface area contributed by atoms with Crippen LogP contribution >= 0.6 is 11.3 Å². The van der Waals surface area contributed by atoms with Crippen molar-refractivity contribution < 1.29 is 9.31 Å². The highest BCUT2D eigenvalue weighted by Gasteiger charge is 2.51. The van der Waals surface area contributed by atoms with Crippen molar-refractivity contribution in [1.82, 2.24) is 0 Å². The SMILES string of the molecule is [C-]#[N+]c1ccc2sc3ccc(B4OC(C)(C)C(C)(C)O4)cc3c2c1. The molecule has 0 saturated carbocycles. The van der Waals surface area contributed by atoms with Crippen molar-refractivity contribution in [3.8, 4) is 0 Å². The number of rotatable bonds is 1. The molecule has 0 aliphatic carbocycles. The van der Waals surface area contributed by atoms with E-state index in [1.807, 2.05) is 18.2 Å². The second-order valence-corrected chi connectivity index (χ2v) is 8.32. The fourth-order valence-electron chi connectivity index (χ4n) is 2.98. The average molecular weight is 335 g/mol. The molecule has 1 aliphatic heterocycles. The molecule has 4 rings (SSSR count). The quantitative estimate of drug-likeness (QED) is 0.466. The van der Waals surface area contributed by atoms with Crippen molar-refractivity contribution in [3.63, 3.8) is 0 Å². The van der Waals surface area contributed by atoms with E-state index in [0.717, 1.165) is 16.2 Å². The first-order valence-corrected chi connectivity index (χ1v) is 8.82. The van der Waals surface area contributed by atoms with E-state index in [1.54, 1.807) is 11.3 Å². The molecule has 0 bridgehead atoms. The molecule has 0 atom stereocenters. The predicted octanol–water partition coefficient (Wildman–Crippen LogP) is 4.90. The first-order valence-electron chi connectivity index (χ1n) is 8.00. The lowest BCUT2D eigenvalue weighted by atomic mass is 9.78. The van der Waals surface area contributed by atoms with Crippen molar-refractivity contribution in [2.45, 2.75) is 38.9 Å². The molecule has 0 unspecified atom stereocenters. The predicted molar refractivity (Wildman–Crippen MR) is 101 cm³/mol. The Balaban J connectivity index is 1.84. The summed E-state index contributed by atoms with van der Waals surface area (Å²) in [5, 5.41) is 2.29. The van der Waals surface area contributed by atoms with Gasteiger partial charge < -0.3 is 9.31 Å². The summed E-state index contributed by atoms with van der Waals surface area (Å²) < 4.78 is 14.7.